The van der Waals surface area contributed by atoms with Crippen molar-refractivity contribution in [1.29, 1.82) is 0 Å². The van der Waals surface area contributed by atoms with Gasteiger partial charge in [0.25, 0.3) is 0 Å². The minimum absolute atomic E-state index is 0. The van der Waals surface area contributed by atoms with Gasteiger partial charge in [-0.2, -0.15) is 8.78 Å². The van der Waals surface area contributed by atoms with Crippen LogP contribution in [0, 0.1) is 6.92 Å². The molecule has 0 unspecified atom stereocenters. The lowest BCUT2D eigenvalue weighted by molar-refractivity contribution is -0.0504. The highest BCUT2D eigenvalue weighted by Crippen LogP contribution is 2.25. The van der Waals surface area contributed by atoms with Crippen LogP contribution in [0.15, 0.2) is 28.6 Å². The molecule has 0 bridgehead atoms. The van der Waals surface area contributed by atoms with Crippen LogP contribution in [0.3, 0.4) is 0 Å². The Labute approximate surface area is 183 Å². The molecule has 2 aromatic rings. The maximum atomic E-state index is 12.5. The van der Waals surface area contributed by atoms with E-state index in [4.69, 9.17) is 11.6 Å². The summed E-state index contributed by atoms with van der Waals surface area (Å²) in [6, 6.07) is 4.50. The number of aromatic nitrogens is 1. The molecule has 0 fully saturated rings. The predicted octanol–water partition coefficient (Wildman–Crippen LogP) is 4.62. The van der Waals surface area contributed by atoms with Crippen LogP contribution in [0.25, 0.3) is 0 Å². The molecule has 0 saturated carbocycles. The van der Waals surface area contributed by atoms with Gasteiger partial charge in [-0.1, -0.05) is 11.6 Å². The second-order valence-corrected chi connectivity index (χ2v) is 6.86. The van der Waals surface area contributed by atoms with E-state index in [1.54, 1.807) is 17.4 Å². The highest BCUT2D eigenvalue weighted by atomic mass is 127. The fourth-order valence-corrected chi connectivity index (χ4v) is 3.06. The zero-order valence-electron chi connectivity index (χ0n) is 15.0. The summed E-state index contributed by atoms with van der Waals surface area (Å²) >= 11 is 7.57. The zero-order valence-corrected chi connectivity index (χ0v) is 18.9. The Hall–Kier alpha value is -1.20. The van der Waals surface area contributed by atoms with Gasteiger partial charge < -0.3 is 15.4 Å². The molecular weight excluding hydrogens is 509 g/mol. The average Bonchev–Trinajstić information content (AvgIpc) is 2.99. The molecule has 0 atom stereocenters. The Morgan fingerprint density at radius 3 is 2.78 bits per heavy atom. The van der Waals surface area contributed by atoms with Crippen LogP contribution in [-0.4, -0.2) is 30.6 Å². The number of hydrogen-bond acceptors (Lipinski definition) is 4. The molecule has 0 amide bonds. The van der Waals surface area contributed by atoms with Crippen molar-refractivity contribution < 1.29 is 13.5 Å². The molecule has 2 rings (SSSR count). The first kappa shape index (κ1) is 23.8. The number of nitrogens with zero attached hydrogens (tertiary/aromatic N) is 2. The molecule has 1 heterocycles. The van der Waals surface area contributed by atoms with Gasteiger partial charge in [0.05, 0.1) is 17.2 Å². The summed E-state index contributed by atoms with van der Waals surface area (Å²) in [6.45, 7) is 2.52. The number of ether oxygens (including phenoxy) is 1. The van der Waals surface area contributed by atoms with E-state index < -0.39 is 6.61 Å². The van der Waals surface area contributed by atoms with Crippen molar-refractivity contribution in [3.8, 4) is 5.75 Å². The molecular formula is C17H22ClF2IN4OS. The molecule has 0 aliphatic carbocycles. The SMILES string of the molecule is CCNC(=NCc1cc(Cl)ccc1OC(F)F)NCCc1csc(C)n1.I. The largest absolute Gasteiger partial charge is 0.434 e. The van der Waals surface area contributed by atoms with E-state index >= 15 is 0 Å². The van der Waals surface area contributed by atoms with Crippen LogP contribution >= 0.6 is 46.9 Å². The minimum atomic E-state index is -2.90. The lowest BCUT2D eigenvalue weighted by Crippen LogP contribution is -2.38. The fourth-order valence-electron chi connectivity index (χ4n) is 2.22. The van der Waals surface area contributed by atoms with E-state index in [0.717, 1.165) is 17.1 Å². The summed E-state index contributed by atoms with van der Waals surface area (Å²) in [5, 5.41) is 9.83. The van der Waals surface area contributed by atoms with Crippen LogP contribution in [0.1, 0.15) is 23.2 Å². The first-order valence-electron chi connectivity index (χ1n) is 8.14. The van der Waals surface area contributed by atoms with Crippen molar-refractivity contribution in [3.63, 3.8) is 0 Å². The average molecular weight is 531 g/mol. The fraction of sp³-hybridized carbons (Fsp3) is 0.412. The third-order valence-electron chi connectivity index (χ3n) is 3.33. The van der Waals surface area contributed by atoms with Gasteiger partial charge in [0, 0.05) is 35.5 Å². The van der Waals surface area contributed by atoms with Gasteiger partial charge in [0.1, 0.15) is 5.75 Å². The van der Waals surface area contributed by atoms with Crippen molar-refractivity contribution in [2.75, 3.05) is 13.1 Å². The number of aryl methyl sites for hydroxylation is 1. The molecule has 1 aromatic heterocycles. The number of nitrogens with one attached hydrogen (secondary N) is 2. The lowest BCUT2D eigenvalue weighted by atomic mass is 10.2. The monoisotopic (exact) mass is 530 g/mol. The molecule has 0 aliphatic heterocycles. The van der Waals surface area contributed by atoms with E-state index in [1.807, 2.05) is 19.2 Å². The molecule has 1 aromatic carbocycles. The summed E-state index contributed by atoms with van der Waals surface area (Å²) in [5.41, 5.74) is 1.52. The second-order valence-electron chi connectivity index (χ2n) is 5.36. The Balaban J connectivity index is 0.00000364. The molecule has 5 nitrogen and oxygen atoms in total. The van der Waals surface area contributed by atoms with Crippen LogP contribution in [0.2, 0.25) is 5.02 Å². The number of rotatable bonds is 8. The molecule has 2 N–H and O–H groups in total. The van der Waals surface area contributed by atoms with Gasteiger partial charge >= 0.3 is 6.61 Å². The van der Waals surface area contributed by atoms with Crippen molar-refractivity contribution >= 4 is 52.9 Å². The third kappa shape index (κ3) is 8.56. The van der Waals surface area contributed by atoms with Crippen LogP contribution in [0.5, 0.6) is 5.75 Å². The lowest BCUT2D eigenvalue weighted by Gasteiger charge is -2.13. The Morgan fingerprint density at radius 1 is 1.37 bits per heavy atom. The zero-order chi connectivity index (χ0) is 18.9. The van der Waals surface area contributed by atoms with E-state index in [1.165, 1.54) is 12.1 Å². The summed E-state index contributed by atoms with van der Waals surface area (Å²) in [7, 11) is 0. The highest BCUT2D eigenvalue weighted by molar-refractivity contribution is 14.0. The standard InChI is InChI=1S/C17H21ClF2N4OS.HI/c1-3-21-17(22-7-6-14-10-26-11(2)24-14)23-9-12-8-13(18)4-5-15(12)25-16(19)20;/h4-5,8,10,16H,3,6-7,9H2,1-2H3,(H2,21,22,23);1H. The van der Waals surface area contributed by atoms with E-state index in [-0.39, 0.29) is 36.3 Å². The minimum Gasteiger partial charge on any atom is -0.434 e. The topological polar surface area (TPSA) is 58.5 Å². The summed E-state index contributed by atoms with van der Waals surface area (Å²) in [5.74, 6) is 0.657. The third-order valence-corrected chi connectivity index (χ3v) is 4.39. The van der Waals surface area contributed by atoms with Gasteiger partial charge in [0.15, 0.2) is 5.96 Å². The molecule has 27 heavy (non-hydrogen) atoms. The molecule has 10 heteroatoms. The van der Waals surface area contributed by atoms with Crippen LogP contribution in [-0.2, 0) is 13.0 Å². The predicted molar refractivity (Wildman–Crippen MR) is 117 cm³/mol. The molecule has 0 spiro atoms. The number of benzene rings is 1. The molecule has 0 aliphatic rings. The summed E-state index contributed by atoms with van der Waals surface area (Å²) in [6.07, 6.45) is 0.770. The molecule has 0 saturated heterocycles. The van der Waals surface area contributed by atoms with Crippen LogP contribution < -0.4 is 15.4 Å². The number of thiazole rings is 1. The van der Waals surface area contributed by atoms with Crippen molar-refractivity contribution in [2.24, 2.45) is 4.99 Å². The van der Waals surface area contributed by atoms with Crippen molar-refractivity contribution in [2.45, 2.75) is 33.4 Å². The number of guanidine groups is 1. The van der Waals surface area contributed by atoms with Gasteiger partial charge in [-0.3, -0.25) is 0 Å². The first-order chi connectivity index (χ1) is 12.5. The Morgan fingerprint density at radius 2 is 2.15 bits per heavy atom. The van der Waals surface area contributed by atoms with Gasteiger partial charge in [0.2, 0.25) is 0 Å². The van der Waals surface area contributed by atoms with E-state index in [2.05, 4.69) is 25.3 Å². The van der Waals surface area contributed by atoms with E-state index in [0.29, 0.717) is 29.6 Å². The molecule has 0 radical (unpaired) electrons. The van der Waals surface area contributed by atoms with E-state index in [9.17, 15) is 8.78 Å². The quantitative estimate of drug-likeness (QED) is 0.297. The van der Waals surface area contributed by atoms with Gasteiger partial charge in [-0.15, -0.1) is 35.3 Å². The van der Waals surface area contributed by atoms with Gasteiger partial charge in [-0.05, 0) is 32.0 Å². The molecule has 150 valence electrons. The highest BCUT2D eigenvalue weighted by Gasteiger charge is 2.10. The summed E-state index contributed by atoms with van der Waals surface area (Å²) in [4.78, 5) is 8.83. The number of alkyl halides is 2. The number of halogens is 4. The van der Waals surface area contributed by atoms with Crippen molar-refractivity contribution in [1.82, 2.24) is 15.6 Å². The Kier molecular flexibility index (Phi) is 10.9. The van der Waals surface area contributed by atoms with Crippen molar-refractivity contribution in [3.05, 3.63) is 44.9 Å². The maximum absolute atomic E-state index is 12.5. The Bertz CT molecular complexity index is 745. The smallest absolute Gasteiger partial charge is 0.387 e. The van der Waals surface area contributed by atoms with Crippen LogP contribution in [0.4, 0.5) is 8.78 Å². The summed E-state index contributed by atoms with van der Waals surface area (Å²) < 4.78 is 29.6. The second kappa shape index (κ2) is 12.3. The van der Waals surface area contributed by atoms with Gasteiger partial charge in [-0.25, -0.2) is 9.98 Å². The number of hydrogen-bond donors (Lipinski definition) is 2. The number of aliphatic imine (C=N–C) groups is 1. The maximum Gasteiger partial charge on any atom is 0.387 e. The normalized spacial score (nSPS) is 11.3. The first-order valence-corrected chi connectivity index (χ1v) is 9.40.